The second kappa shape index (κ2) is 4.95. The third kappa shape index (κ3) is 2.81. The minimum Gasteiger partial charge on any atom is -0.479 e. The van der Waals surface area contributed by atoms with Gasteiger partial charge in [-0.1, -0.05) is 6.92 Å². The molecular weight excluding hydrogens is 220 g/mol. The van der Waals surface area contributed by atoms with Gasteiger partial charge in [0.15, 0.2) is 6.10 Å². The summed E-state index contributed by atoms with van der Waals surface area (Å²) in [7, 11) is 0. The van der Waals surface area contributed by atoms with Gasteiger partial charge in [0.25, 0.3) is 5.91 Å². The number of hydrogen-bond acceptors (Lipinski definition) is 4. The monoisotopic (exact) mass is 234 g/mol. The SMILES string of the molecule is CCc1ccc(OC2CCC(=O)NC2=O)cn1. The molecule has 1 fully saturated rings. The minimum atomic E-state index is -0.595. The number of amides is 2. The first-order chi connectivity index (χ1) is 8.19. The summed E-state index contributed by atoms with van der Waals surface area (Å²) in [6.45, 7) is 2.02. The first-order valence-electron chi connectivity index (χ1n) is 5.64. The highest BCUT2D eigenvalue weighted by Gasteiger charge is 2.28. The molecule has 2 heterocycles. The predicted molar refractivity (Wildman–Crippen MR) is 60.4 cm³/mol. The minimum absolute atomic E-state index is 0.241. The van der Waals surface area contributed by atoms with E-state index in [1.165, 1.54) is 0 Å². The van der Waals surface area contributed by atoms with Gasteiger partial charge >= 0.3 is 0 Å². The van der Waals surface area contributed by atoms with Crippen molar-refractivity contribution in [3.8, 4) is 5.75 Å². The third-order valence-electron chi connectivity index (χ3n) is 2.63. The molecule has 0 spiro atoms. The number of piperidine rings is 1. The molecule has 1 unspecified atom stereocenters. The molecule has 1 atom stereocenters. The Kier molecular flexibility index (Phi) is 3.37. The maximum atomic E-state index is 11.5. The summed E-state index contributed by atoms with van der Waals surface area (Å²) in [5.41, 5.74) is 0.973. The quantitative estimate of drug-likeness (QED) is 0.786. The number of ether oxygens (including phenoxy) is 1. The summed E-state index contributed by atoms with van der Waals surface area (Å²) in [6, 6.07) is 3.65. The van der Waals surface area contributed by atoms with Gasteiger partial charge in [0.05, 0.1) is 6.20 Å². The van der Waals surface area contributed by atoms with Crippen molar-refractivity contribution in [2.24, 2.45) is 0 Å². The van der Waals surface area contributed by atoms with Gasteiger partial charge < -0.3 is 4.74 Å². The van der Waals surface area contributed by atoms with E-state index in [2.05, 4.69) is 10.3 Å². The summed E-state index contributed by atoms with van der Waals surface area (Å²) < 4.78 is 5.49. The van der Waals surface area contributed by atoms with Gasteiger partial charge in [0.1, 0.15) is 5.75 Å². The molecule has 2 rings (SSSR count). The number of hydrogen-bond donors (Lipinski definition) is 1. The number of aryl methyl sites for hydroxylation is 1. The number of carbonyl (C=O) groups is 2. The molecule has 90 valence electrons. The fraction of sp³-hybridized carbons (Fsp3) is 0.417. The molecule has 1 aromatic heterocycles. The van der Waals surface area contributed by atoms with E-state index in [-0.39, 0.29) is 11.8 Å². The largest absolute Gasteiger partial charge is 0.479 e. The lowest BCUT2D eigenvalue weighted by atomic mass is 10.1. The second-order valence-electron chi connectivity index (χ2n) is 3.90. The molecule has 1 aromatic rings. The highest BCUT2D eigenvalue weighted by atomic mass is 16.5. The van der Waals surface area contributed by atoms with Crippen molar-refractivity contribution >= 4 is 11.8 Å². The van der Waals surface area contributed by atoms with E-state index in [1.807, 2.05) is 13.0 Å². The number of imide groups is 1. The molecular formula is C12H14N2O3. The van der Waals surface area contributed by atoms with E-state index in [9.17, 15) is 9.59 Å². The number of carbonyl (C=O) groups excluding carboxylic acids is 2. The average molecular weight is 234 g/mol. The zero-order chi connectivity index (χ0) is 12.3. The van der Waals surface area contributed by atoms with Crippen molar-refractivity contribution in [1.29, 1.82) is 0 Å². The van der Waals surface area contributed by atoms with Gasteiger partial charge in [-0.25, -0.2) is 0 Å². The molecule has 1 aliphatic rings. The topological polar surface area (TPSA) is 68.3 Å². The molecule has 5 heteroatoms. The lowest BCUT2D eigenvalue weighted by Gasteiger charge is -2.21. The van der Waals surface area contributed by atoms with Gasteiger partial charge in [0.2, 0.25) is 5.91 Å². The summed E-state index contributed by atoms with van der Waals surface area (Å²) in [4.78, 5) is 26.6. The normalized spacial score (nSPS) is 19.9. The van der Waals surface area contributed by atoms with Crippen LogP contribution in [-0.4, -0.2) is 22.9 Å². The number of nitrogens with zero attached hydrogens (tertiary/aromatic N) is 1. The molecule has 0 saturated carbocycles. The Morgan fingerprint density at radius 3 is 2.88 bits per heavy atom. The Labute approximate surface area is 99.2 Å². The molecule has 0 aliphatic carbocycles. The van der Waals surface area contributed by atoms with Crippen molar-refractivity contribution in [2.75, 3.05) is 0 Å². The Balaban J connectivity index is 2.00. The van der Waals surface area contributed by atoms with E-state index in [4.69, 9.17) is 4.74 Å². The van der Waals surface area contributed by atoms with Crippen LogP contribution in [0.3, 0.4) is 0 Å². The number of pyridine rings is 1. The third-order valence-corrected chi connectivity index (χ3v) is 2.63. The summed E-state index contributed by atoms with van der Waals surface area (Å²) in [5.74, 6) is -0.0631. The van der Waals surface area contributed by atoms with Crippen molar-refractivity contribution < 1.29 is 14.3 Å². The fourth-order valence-corrected chi connectivity index (χ4v) is 1.64. The molecule has 2 amide bonds. The summed E-state index contributed by atoms with van der Waals surface area (Å²) in [6.07, 6.45) is 2.60. The van der Waals surface area contributed by atoms with E-state index in [0.29, 0.717) is 18.6 Å². The lowest BCUT2D eigenvalue weighted by molar-refractivity contribution is -0.138. The molecule has 0 bridgehead atoms. The van der Waals surface area contributed by atoms with Crippen LogP contribution in [0.1, 0.15) is 25.5 Å². The summed E-state index contributed by atoms with van der Waals surface area (Å²) >= 11 is 0. The van der Waals surface area contributed by atoms with E-state index < -0.39 is 6.10 Å². The van der Waals surface area contributed by atoms with E-state index in [0.717, 1.165) is 12.1 Å². The van der Waals surface area contributed by atoms with Crippen LogP contribution in [-0.2, 0) is 16.0 Å². The second-order valence-corrected chi connectivity index (χ2v) is 3.90. The maximum absolute atomic E-state index is 11.5. The van der Waals surface area contributed by atoms with Gasteiger partial charge in [-0.2, -0.15) is 0 Å². The summed E-state index contributed by atoms with van der Waals surface area (Å²) in [5, 5.41) is 2.25. The molecule has 17 heavy (non-hydrogen) atoms. The zero-order valence-electron chi connectivity index (χ0n) is 9.60. The number of aromatic nitrogens is 1. The van der Waals surface area contributed by atoms with Gasteiger partial charge in [-0.15, -0.1) is 0 Å². The van der Waals surface area contributed by atoms with Crippen LogP contribution in [0.2, 0.25) is 0 Å². The molecule has 5 nitrogen and oxygen atoms in total. The van der Waals surface area contributed by atoms with Crippen LogP contribution in [0.5, 0.6) is 5.75 Å². The zero-order valence-corrected chi connectivity index (χ0v) is 9.60. The van der Waals surface area contributed by atoms with Gasteiger partial charge in [-0.05, 0) is 18.6 Å². The predicted octanol–water partition coefficient (Wildman–Crippen LogP) is 0.828. The smallest absolute Gasteiger partial charge is 0.267 e. The van der Waals surface area contributed by atoms with Crippen molar-refractivity contribution in [2.45, 2.75) is 32.3 Å². The van der Waals surface area contributed by atoms with Gasteiger partial charge in [-0.3, -0.25) is 19.9 Å². The number of nitrogens with one attached hydrogen (secondary N) is 1. The van der Waals surface area contributed by atoms with Crippen molar-refractivity contribution in [3.05, 3.63) is 24.0 Å². The van der Waals surface area contributed by atoms with Crippen molar-refractivity contribution in [1.82, 2.24) is 10.3 Å². The highest BCUT2D eigenvalue weighted by molar-refractivity contribution is 5.99. The van der Waals surface area contributed by atoms with Gasteiger partial charge in [0, 0.05) is 18.5 Å². The average Bonchev–Trinajstić information content (AvgIpc) is 2.34. The molecule has 1 aliphatic heterocycles. The molecule has 0 aromatic carbocycles. The van der Waals surface area contributed by atoms with Crippen LogP contribution in [0.4, 0.5) is 0 Å². The van der Waals surface area contributed by atoms with E-state index in [1.54, 1.807) is 12.3 Å². The van der Waals surface area contributed by atoms with Crippen LogP contribution in [0, 0.1) is 0 Å². The molecule has 1 N–H and O–H groups in total. The Bertz CT molecular complexity index is 428. The Morgan fingerprint density at radius 2 is 2.29 bits per heavy atom. The van der Waals surface area contributed by atoms with E-state index >= 15 is 0 Å². The standard InChI is InChI=1S/C12H14N2O3/c1-2-8-3-4-9(7-13-8)17-10-5-6-11(15)14-12(10)16/h3-4,7,10H,2,5-6H2,1H3,(H,14,15,16). The maximum Gasteiger partial charge on any atom is 0.267 e. The molecule has 0 radical (unpaired) electrons. The Hall–Kier alpha value is -1.91. The van der Waals surface area contributed by atoms with Crippen molar-refractivity contribution in [3.63, 3.8) is 0 Å². The Morgan fingerprint density at radius 1 is 1.47 bits per heavy atom. The number of rotatable bonds is 3. The van der Waals surface area contributed by atoms with Crippen LogP contribution in [0.15, 0.2) is 18.3 Å². The first-order valence-corrected chi connectivity index (χ1v) is 5.64. The molecule has 1 saturated heterocycles. The lowest BCUT2D eigenvalue weighted by Crippen LogP contribution is -2.46. The van der Waals surface area contributed by atoms with Crippen LogP contribution < -0.4 is 10.1 Å². The van der Waals surface area contributed by atoms with Crippen LogP contribution in [0.25, 0.3) is 0 Å². The van der Waals surface area contributed by atoms with Crippen LogP contribution >= 0.6 is 0 Å². The fourth-order valence-electron chi connectivity index (χ4n) is 1.64. The first kappa shape index (κ1) is 11.6. The highest BCUT2D eigenvalue weighted by Crippen LogP contribution is 2.16.